The topological polar surface area (TPSA) is 72.5 Å². The van der Waals surface area contributed by atoms with Crippen molar-refractivity contribution in [2.45, 2.75) is 45.6 Å². The Hall–Kier alpha value is -1.14. The Balaban J connectivity index is 2.41. The number of nitrogens with two attached hydrogens (primary N) is 1. The summed E-state index contributed by atoms with van der Waals surface area (Å²) < 4.78 is 5.03. The van der Waals surface area contributed by atoms with Gasteiger partial charge in [0.2, 0.25) is 0 Å². The number of guanidine groups is 1. The normalized spacial score (nSPS) is 14.3. The summed E-state index contributed by atoms with van der Waals surface area (Å²) in [6.07, 6.45) is 0.813. The van der Waals surface area contributed by atoms with Crippen molar-refractivity contribution < 1.29 is 4.74 Å². The van der Waals surface area contributed by atoms with E-state index in [-0.39, 0.29) is 11.5 Å². The number of rotatable bonds is 6. The molecule has 1 rings (SSSR count). The molecule has 1 atom stereocenters. The molecule has 1 unspecified atom stereocenters. The first-order valence-corrected chi connectivity index (χ1v) is 7.71. The molecule has 3 N–H and O–H groups in total. The maximum atomic E-state index is 5.81. The van der Waals surface area contributed by atoms with E-state index in [4.69, 9.17) is 10.5 Å². The van der Waals surface area contributed by atoms with Crippen LogP contribution in [-0.4, -0.2) is 37.2 Å². The number of hydrogen-bond donors (Lipinski definition) is 2. The highest BCUT2D eigenvalue weighted by molar-refractivity contribution is 7.09. The average Bonchev–Trinajstić information content (AvgIpc) is 2.77. The molecule has 20 heavy (non-hydrogen) atoms. The first kappa shape index (κ1) is 16.9. The van der Waals surface area contributed by atoms with Gasteiger partial charge in [-0.3, -0.25) is 4.99 Å². The van der Waals surface area contributed by atoms with Gasteiger partial charge in [0.15, 0.2) is 5.96 Å². The molecule has 0 bridgehead atoms. The van der Waals surface area contributed by atoms with Crippen molar-refractivity contribution >= 4 is 17.3 Å². The van der Waals surface area contributed by atoms with E-state index in [9.17, 15) is 0 Å². The molecule has 0 aliphatic heterocycles. The van der Waals surface area contributed by atoms with Crippen molar-refractivity contribution in [3.63, 3.8) is 0 Å². The van der Waals surface area contributed by atoms with Crippen LogP contribution in [0.15, 0.2) is 10.4 Å². The minimum Gasteiger partial charge on any atom is -0.383 e. The van der Waals surface area contributed by atoms with Crippen LogP contribution in [0.3, 0.4) is 0 Å². The third-order valence-electron chi connectivity index (χ3n) is 2.65. The van der Waals surface area contributed by atoms with Crippen molar-refractivity contribution in [2.24, 2.45) is 10.7 Å². The highest BCUT2D eigenvalue weighted by Crippen LogP contribution is 2.25. The standard InChI is InChI=1S/C14H26N4OS/c1-10(8-19-5)17-13(15)16-7-6-11-9-20-12(18-11)14(2,3)4/h9-10H,6-8H2,1-5H3,(H3,15,16,17). The molecule has 0 fully saturated rings. The second-order valence-corrected chi connectivity index (χ2v) is 6.77. The summed E-state index contributed by atoms with van der Waals surface area (Å²) in [5.74, 6) is 0.459. The largest absolute Gasteiger partial charge is 0.383 e. The number of nitrogens with zero attached hydrogens (tertiary/aromatic N) is 2. The maximum Gasteiger partial charge on any atom is 0.188 e. The van der Waals surface area contributed by atoms with Gasteiger partial charge in [0.05, 0.1) is 17.3 Å². The molecule has 0 saturated heterocycles. The van der Waals surface area contributed by atoms with Crippen LogP contribution in [0.2, 0.25) is 0 Å². The number of hydrogen-bond acceptors (Lipinski definition) is 4. The van der Waals surface area contributed by atoms with E-state index < -0.39 is 0 Å². The zero-order chi connectivity index (χ0) is 15.2. The number of ether oxygens (including phenoxy) is 1. The van der Waals surface area contributed by atoms with Gasteiger partial charge in [0, 0.05) is 36.9 Å². The van der Waals surface area contributed by atoms with Crippen LogP contribution in [0.5, 0.6) is 0 Å². The second-order valence-electron chi connectivity index (χ2n) is 5.91. The van der Waals surface area contributed by atoms with Crippen LogP contribution in [0.25, 0.3) is 0 Å². The molecule has 0 spiro atoms. The number of nitrogens with one attached hydrogen (secondary N) is 1. The van der Waals surface area contributed by atoms with Gasteiger partial charge in [0.25, 0.3) is 0 Å². The molecule has 0 aliphatic carbocycles. The van der Waals surface area contributed by atoms with Gasteiger partial charge in [-0.25, -0.2) is 4.98 Å². The molecule has 1 aromatic rings. The Labute approximate surface area is 125 Å². The molecular formula is C14H26N4OS. The van der Waals surface area contributed by atoms with Crippen LogP contribution in [0, 0.1) is 0 Å². The summed E-state index contributed by atoms with van der Waals surface area (Å²) in [4.78, 5) is 8.94. The zero-order valence-electron chi connectivity index (χ0n) is 13.1. The van der Waals surface area contributed by atoms with Crippen molar-refractivity contribution in [3.05, 3.63) is 16.1 Å². The van der Waals surface area contributed by atoms with Gasteiger partial charge in [0.1, 0.15) is 0 Å². The van der Waals surface area contributed by atoms with E-state index >= 15 is 0 Å². The van der Waals surface area contributed by atoms with Gasteiger partial charge >= 0.3 is 0 Å². The highest BCUT2D eigenvalue weighted by Gasteiger charge is 2.17. The fourth-order valence-corrected chi connectivity index (χ4v) is 2.59. The lowest BCUT2D eigenvalue weighted by atomic mass is 9.98. The summed E-state index contributed by atoms with van der Waals surface area (Å²) >= 11 is 1.71. The summed E-state index contributed by atoms with van der Waals surface area (Å²) in [6, 6.07) is 0.163. The summed E-state index contributed by atoms with van der Waals surface area (Å²) in [5, 5.41) is 6.35. The summed E-state index contributed by atoms with van der Waals surface area (Å²) in [7, 11) is 1.67. The second kappa shape index (κ2) is 7.59. The highest BCUT2D eigenvalue weighted by atomic mass is 32.1. The van der Waals surface area contributed by atoms with E-state index in [0.717, 1.165) is 17.1 Å². The SMILES string of the molecule is COCC(C)NC(N)=NCCc1csc(C(C)(C)C)n1. The molecule has 0 aliphatic rings. The van der Waals surface area contributed by atoms with Gasteiger partial charge in [-0.15, -0.1) is 11.3 Å². The van der Waals surface area contributed by atoms with Gasteiger partial charge in [-0.1, -0.05) is 20.8 Å². The van der Waals surface area contributed by atoms with E-state index in [1.54, 1.807) is 18.4 Å². The van der Waals surface area contributed by atoms with Crippen molar-refractivity contribution in [3.8, 4) is 0 Å². The fourth-order valence-electron chi connectivity index (χ4n) is 1.65. The Kier molecular flexibility index (Phi) is 6.42. The number of aliphatic imine (C=N–C) groups is 1. The van der Waals surface area contributed by atoms with Crippen molar-refractivity contribution in [2.75, 3.05) is 20.3 Å². The Morgan fingerprint density at radius 2 is 2.25 bits per heavy atom. The molecule has 0 amide bonds. The van der Waals surface area contributed by atoms with E-state index in [2.05, 4.69) is 41.4 Å². The smallest absolute Gasteiger partial charge is 0.188 e. The summed E-state index contributed by atoms with van der Waals surface area (Å²) in [6.45, 7) is 9.78. The van der Waals surface area contributed by atoms with Crippen LogP contribution < -0.4 is 11.1 Å². The third kappa shape index (κ3) is 5.88. The molecular weight excluding hydrogens is 272 g/mol. The monoisotopic (exact) mass is 298 g/mol. The van der Waals surface area contributed by atoms with E-state index in [0.29, 0.717) is 19.1 Å². The Bertz CT molecular complexity index is 437. The van der Waals surface area contributed by atoms with Gasteiger partial charge in [-0.2, -0.15) is 0 Å². The van der Waals surface area contributed by atoms with Crippen LogP contribution >= 0.6 is 11.3 Å². The fraction of sp³-hybridized carbons (Fsp3) is 0.714. The van der Waals surface area contributed by atoms with Crippen molar-refractivity contribution in [1.82, 2.24) is 10.3 Å². The lowest BCUT2D eigenvalue weighted by Gasteiger charge is -2.13. The predicted octanol–water partition coefficient (Wildman–Crippen LogP) is 1.92. The average molecular weight is 298 g/mol. The number of methoxy groups -OCH3 is 1. The molecule has 0 saturated carbocycles. The first-order valence-electron chi connectivity index (χ1n) is 6.83. The lowest BCUT2D eigenvalue weighted by molar-refractivity contribution is 0.179. The molecule has 1 heterocycles. The number of aromatic nitrogens is 1. The first-order chi connectivity index (χ1) is 9.32. The Morgan fingerprint density at radius 1 is 1.55 bits per heavy atom. The van der Waals surface area contributed by atoms with E-state index in [1.807, 2.05) is 6.92 Å². The van der Waals surface area contributed by atoms with Crippen LogP contribution in [0.1, 0.15) is 38.4 Å². The van der Waals surface area contributed by atoms with Gasteiger partial charge < -0.3 is 15.8 Å². The lowest BCUT2D eigenvalue weighted by Crippen LogP contribution is -2.40. The van der Waals surface area contributed by atoms with E-state index in [1.165, 1.54) is 0 Å². The zero-order valence-corrected chi connectivity index (χ0v) is 13.9. The molecule has 114 valence electrons. The maximum absolute atomic E-state index is 5.81. The minimum atomic E-state index is 0.113. The minimum absolute atomic E-state index is 0.113. The summed E-state index contributed by atoms with van der Waals surface area (Å²) in [5.41, 5.74) is 7.01. The quantitative estimate of drug-likeness (QED) is 0.622. The third-order valence-corrected chi connectivity index (χ3v) is 3.97. The van der Waals surface area contributed by atoms with Gasteiger partial charge in [-0.05, 0) is 6.92 Å². The molecule has 1 aromatic heterocycles. The van der Waals surface area contributed by atoms with Crippen LogP contribution in [0.4, 0.5) is 0 Å². The number of thiazole rings is 1. The molecule has 0 aromatic carbocycles. The Morgan fingerprint density at radius 3 is 2.80 bits per heavy atom. The van der Waals surface area contributed by atoms with Crippen molar-refractivity contribution in [1.29, 1.82) is 0 Å². The predicted molar refractivity (Wildman–Crippen MR) is 85.5 cm³/mol. The van der Waals surface area contributed by atoms with Crippen LogP contribution in [-0.2, 0) is 16.6 Å². The molecule has 0 radical (unpaired) electrons. The molecule has 6 heteroatoms. The molecule has 5 nitrogen and oxygen atoms in total.